The van der Waals surface area contributed by atoms with Crippen LogP contribution in [0.4, 0.5) is 0 Å². The van der Waals surface area contributed by atoms with Crippen molar-refractivity contribution in [2.24, 2.45) is 0 Å². The van der Waals surface area contributed by atoms with Crippen molar-refractivity contribution < 1.29 is 14.3 Å². The van der Waals surface area contributed by atoms with Crippen molar-refractivity contribution in [1.82, 2.24) is 10.2 Å². The smallest absolute Gasteiger partial charge is 0.245 e. The van der Waals surface area contributed by atoms with Crippen LogP contribution in [0.5, 0.6) is 0 Å². The summed E-state index contributed by atoms with van der Waals surface area (Å²) in [6, 6.07) is -0.490. The van der Waals surface area contributed by atoms with Crippen LogP contribution in [0.15, 0.2) is 0 Å². The fraction of sp³-hybridized carbons (Fsp3) is 0.846. The number of unbranched alkanes of at least 4 members (excludes halogenated alkanes) is 1. The first-order chi connectivity index (χ1) is 8.56. The number of rotatable bonds is 6. The van der Waals surface area contributed by atoms with Crippen molar-refractivity contribution in [3.8, 4) is 0 Å². The highest BCUT2D eigenvalue weighted by Crippen LogP contribution is 2.10. The number of hydrogen-bond donors (Lipinski definition) is 1. The van der Waals surface area contributed by atoms with Crippen molar-refractivity contribution in [2.75, 3.05) is 19.8 Å². The van der Waals surface area contributed by atoms with E-state index in [4.69, 9.17) is 4.74 Å². The standard InChI is InChI=1S/C13H24N2O3/c1-4-5-7-18-8-6-15-10(2)9-12(16)14-11(3)13(15)17/h10-11H,4-9H2,1-3H3,(H,14,16). The third kappa shape index (κ3) is 4.29. The lowest BCUT2D eigenvalue weighted by Crippen LogP contribution is -2.46. The van der Waals surface area contributed by atoms with Crippen LogP contribution in [0.1, 0.15) is 40.0 Å². The summed E-state index contributed by atoms with van der Waals surface area (Å²) in [5.74, 6) is -0.0785. The summed E-state index contributed by atoms with van der Waals surface area (Å²) in [6.45, 7) is 7.58. The Balaban J connectivity index is 2.45. The van der Waals surface area contributed by atoms with Crippen molar-refractivity contribution in [2.45, 2.75) is 52.1 Å². The molecule has 5 heteroatoms. The summed E-state index contributed by atoms with van der Waals surface area (Å²) in [4.78, 5) is 25.3. The van der Waals surface area contributed by atoms with E-state index in [0.717, 1.165) is 19.4 Å². The van der Waals surface area contributed by atoms with Crippen LogP contribution < -0.4 is 5.32 Å². The predicted octanol–water partition coefficient (Wildman–Crippen LogP) is 0.929. The maximum atomic E-state index is 12.1. The molecule has 0 aliphatic carbocycles. The van der Waals surface area contributed by atoms with E-state index in [2.05, 4.69) is 12.2 Å². The Bertz CT molecular complexity index is 294. The van der Waals surface area contributed by atoms with E-state index >= 15 is 0 Å². The number of ether oxygens (including phenoxy) is 1. The van der Waals surface area contributed by atoms with Crippen LogP contribution >= 0.6 is 0 Å². The van der Waals surface area contributed by atoms with Gasteiger partial charge in [-0.2, -0.15) is 0 Å². The lowest BCUT2D eigenvalue weighted by molar-refractivity contribution is -0.135. The van der Waals surface area contributed by atoms with Gasteiger partial charge in [0.1, 0.15) is 6.04 Å². The van der Waals surface area contributed by atoms with Crippen LogP contribution in [0.25, 0.3) is 0 Å². The Morgan fingerprint density at radius 3 is 2.72 bits per heavy atom. The van der Waals surface area contributed by atoms with Crippen molar-refractivity contribution in [3.05, 3.63) is 0 Å². The molecule has 1 fully saturated rings. The van der Waals surface area contributed by atoms with Gasteiger partial charge in [-0.05, 0) is 20.3 Å². The normalized spacial score (nSPS) is 24.9. The van der Waals surface area contributed by atoms with Gasteiger partial charge in [-0.25, -0.2) is 0 Å². The molecule has 1 saturated heterocycles. The molecule has 0 bridgehead atoms. The number of amides is 2. The summed E-state index contributed by atoms with van der Waals surface area (Å²) < 4.78 is 5.48. The maximum absolute atomic E-state index is 12.1. The van der Waals surface area contributed by atoms with Crippen molar-refractivity contribution >= 4 is 11.8 Å². The Morgan fingerprint density at radius 2 is 2.06 bits per heavy atom. The SMILES string of the molecule is CCCCOCCN1C(=O)C(C)NC(=O)CC1C. The average Bonchev–Trinajstić information content (AvgIpc) is 2.39. The second-order valence-corrected chi connectivity index (χ2v) is 4.84. The van der Waals surface area contributed by atoms with Gasteiger partial charge in [0.2, 0.25) is 11.8 Å². The highest BCUT2D eigenvalue weighted by molar-refractivity contribution is 5.90. The molecule has 5 nitrogen and oxygen atoms in total. The fourth-order valence-corrected chi connectivity index (χ4v) is 2.05. The molecule has 1 N–H and O–H groups in total. The quantitative estimate of drug-likeness (QED) is 0.719. The third-order valence-electron chi connectivity index (χ3n) is 3.16. The summed E-state index contributed by atoms with van der Waals surface area (Å²) in [7, 11) is 0. The molecule has 18 heavy (non-hydrogen) atoms. The van der Waals surface area contributed by atoms with Gasteiger partial charge in [0.05, 0.1) is 6.61 Å². The van der Waals surface area contributed by atoms with Gasteiger partial charge in [0.15, 0.2) is 0 Å². The van der Waals surface area contributed by atoms with Crippen LogP contribution in [0, 0.1) is 0 Å². The molecule has 0 aromatic carbocycles. The van der Waals surface area contributed by atoms with Gasteiger partial charge in [0.25, 0.3) is 0 Å². The first kappa shape index (κ1) is 15.0. The van der Waals surface area contributed by atoms with Crippen LogP contribution in [0.3, 0.4) is 0 Å². The van der Waals surface area contributed by atoms with E-state index in [1.165, 1.54) is 0 Å². The van der Waals surface area contributed by atoms with E-state index in [9.17, 15) is 9.59 Å². The molecular weight excluding hydrogens is 232 g/mol. The largest absolute Gasteiger partial charge is 0.380 e. The zero-order valence-corrected chi connectivity index (χ0v) is 11.6. The minimum atomic E-state index is -0.432. The monoisotopic (exact) mass is 256 g/mol. The van der Waals surface area contributed by atoms with Crippen LogP contribution in [0.2, 0.25) is 0 Å². The zero-order valence-electron chi connectivity index (χ0n) is 11.6. The average molecular weight is 256 g/mol. The Morgan fingerprint density at radius 1 is 1.33 bits per heavy atom. The molecule has 2 amide bonds. The van der Waals surface area contributed by atoms with Crippen molar-refractivity contribution in [3.63, 3.8) is 0 Å². The Kier molecular flexibility index (Phi) is 6.12. The lowest BCUT2D eigenvalue weighted by atomic mass is 10.2. The lowest BCUT2D eigenvalue weighted by Gasteiger charge is -2.27. The van der Waals surface area contributed by atoms with E-state index in [1.54, 1.807) is 11.8 Å². The molecule has 1 aliphatic heterocycles. The van der Waals surface area contributed by atoms with Gasteiger partial charge in [0, 0.05) is 25.6 Å². The molecule has 1 rings (SSSR count). The third-order valence-corrected chi connectivity index (χ3v) is 3.16. The molecule has 0 spiro atoms. The molecule has 104 valence electrons. The van der Waals surface area contributed by atoms with Gasteiger partial charge in [-0.15, -0.1) is 0 Å². The predicted molar refractivity (Wildman–Crippen MR) is 69.1 cm³/mol. The second-order valence-electron chi connectivity index (χ2n) is 4.84. The molecular formula is C13H24N2O3. The Labute approximate surface area is 109 Å². The minimum Gasteiger partial charge on any atom is -0.380 e. The first-order valence-electron chi connectivity index (χ1n) is 6.73. The molecule has 2 unspecified atom stereocenters. The molecule has 0 aromatic heterocycles. The Hall–Kier alpha value is -1.10. The number of nitrogens with zero attached hydrogens (tertiary/aromatic N) is 1. The zero-order chi connectivity index (χ0) is 13.5. The molecule has 1 heterocycles. The second kappa shape index (κ2) is 7.36. The number of carbonyl (C=O) groups is 2. The number of carbonyl (C=O) groups excluding carboxylic acids is 2. The first-order valence-corrected chi connectivity index (χ1v) is 6.73. The fourth-order valence-electron chi connectivity index (χ4n) is 2.05. The van der Waals surface area contributed by atoms with Crippen LogP contribution in [-0.4, -0.2) is 48.6 Å². The summed E-state index contributed by atoms with van der Waals surface area (Å²) in [5.41, 5.74) is 0. The van der Waals surface area contributed by atoms with Gasteiger partial charge >= 0.3 is 0 Å². The molecule has 0 aromatic rings. The van der Waals surface area contributed by atoms with E-state index in [0.29, 0.717) is 19.6 Å². The van der Waals surface area contributed by atoms with Gasteiger partial charge in [-0.3, -0.25) is 9.59 Å². The maximum Gasteiger partial charge on any atom is 0.245 e. The van der Waals surface area contributed by atoms with E-state index < -0.39 is 6.04 Å². The molecule has 0 saturated carbocycles. The van der Waals surface area contributed by atoms with Crippen molar-refractivity contribution in [1.29, 1.82) is 0 Å². The summed E-state index contributed by atoms with van der Waals surface area (Å²) >= 11 is 0. The summed E-state index contributed by atoms with van der Waals surface area (Å²) in [6.07, 6.45) is 2.51. The molecule has 2 atom stereocenters. The van der Waals surface area contributed by atoms with E-state index in [1.807, 2.05) is 6.92 Å². The topological polar surface area (TPSA) is 58.6 Å². The van der Waals surface area contributed by atoms with Crippen LogP contribution in [-0.2, 0) is 14.3 Å². The minimum absolute atomic E-state index is 0.0209. The molecule has 0 radical (unpaired) electrons. The highest BCUT2D eigenvalue weighted by Gasteiger charge is 2.30. The van der Waals surface area contributed by atoms with Gasteiger partial charge < -0.3 is 15.0 Å². The highest BCUT2D eigenvalue weighted by atomic mass is 16.5. The number of hydrogen-bond acceptors (Lipinski definition) is 3. The van der Waals surface area contributed by atoms with E-state index in [-0.39, 0.29) is 17.9 Å². The van der Waals surface area contributed by atoms with Gasteiger partial charge in [-0.1, -0.05) is 13.3 Å². The summed E-state index contributed by atoms with van der Waals surface area (Å²) in [5, 5.41) is 2.69. The molecule has 1 aliphatic rings. The number of nitrogens with one attached hydrogen (secondary N) is 1.